The minimum absolute atomic E-state index is 0.231. The summed E-state index contributed by atoms with van der Waals surface area (Å²) in [5.74, 6) is 3.59. The van der Waals surface area contributed by atoms with Crippen LogP contribution in [0.1, 0.15) is 55.0 Å². The molecule has 1 heterocycles. The van der Waals surface area contributed by atoms with Crippen molar-refractivity contribution in [1.29, 1.82) is 0 Å². The van der Waals surface area contributed by atoms with E-state index in [2.05, 4.69) is 106 Å². The maximum atomic E-state index is 6.70. The molecule has 6 aromatic rings. The lowest BCUT2D eigenvalue weighted by Gasteiger charge is -2.43. The third kappa shape index (κ3) is 10.4. The molecule has 0 radical (unpaired) electrons. The molecule has 0 saturated carbocycles. The van der Waals surface area contributed by atoms with Gasteiger partial charge in [0.15, 0.2) is 11.5 Å². The summed E-state index contributed by atoms with van der Waals surface area (Å²) in [7, 11) is 4.11. The molecular formula is C50H57N2O4+. The van der Waals surface area contributed by atoms with E-state index in [1.165, 1.54) is 5.56 Å². The Kier molecular flexibility index (Phi) is 13.8. The van der Waals surface area contributed by atoms with Gasteiger partial charge in [-0.2, -0.15) is 0 Å². The second kappa shape index (κ2) is 19.3. The highest BCUT2D eigenvalue weighted by Crippen LogP contribution is 2.42. The van der Waals surface area contributed by atoms with E-state index in [0.29, 0.717) is 48.9 Å². The van der Waals surface area contributed by atoms with Crippen LogP contribution < -0.4 is 18.9 Å². The smallest absolute Gasteiger partial charge is 0.203 e. The lowest BCUT2D eigenvalue weighted by molar-refractivity contribution is -0.946. The van der Waals surface area contributed by atoms with Gasteiger partial charge in [-0.05, 0) is 71.5 Å². The third-order valence-corrected chi connectivity index (χ3v) is 11.2. The van der Waals surface area contributed by atoms with E-state index in [1.54, 1.807) is 7.11 Å². The molecule has 0 amide bonds. The Morgan fingerprint density at radius 3 is 1.77 bits per heavy atom. The summed E-state index contributed by atoms with van der Waals surface area (Å²) in [5, 5.41) is 1.13. The fourth-order valence-corrected chi connectivity index (χ4v) is 7.39. The van der Waals surface area contributed by atoms with Crippen LogP contribution in [0.25, 0.3) is 10.9 Å². The zero-order valence-electron chi connectivity index (χ0n) is 33.7. The Balaban J connectivity index is 1.41. The Hall–Kier alpha value is -5.59. The van der Waals surface area contributed by atoms with Gasteiger partial charge in [-0.25, -0.2) is 0 Å². The van der Waals surface area contributed by atoms with E-state index >= 15 is 0 Å². The Bertz CT molecular complexity index is 2080. The molecule has 6 heteroatoms. The van der Waals surface area contributed by atoms with Gasteiger partial charge in [0, 0.05) is 29.5 Å². The van der Waals surface area contributed by atoms with Crippen LogP contribution in [0.4, 0.5) is 0 Å². The second-order valence-corrected chi connectivity index (χ2v) is 15.3. The average Bonchev–Trinajstić information content (AvgIpc) is 3.24. The quantitative estimate of drug-likeness (QED) is 0.0575. The van der Waals surface area contributed by atoms with Gasteiger partial charge in [-0.1, -0.05) is 117 Å². The molecule has 6 rings (SSSR count). The molecule has 1 aromatic heterocycles. The number of rotatable bonds is 20. The normalized spacial score (nSPS) is 13.9. The highest BCUT2D eigenvalue weighted by Gasteiger charge is 2.35. The predicted octanol–water partition coefficient (Wildman–Crippen LogP) is 11.4. The molecule has 0 aliphatic rings. The van der Waals surface area contributed by atoms with Gasteiger partial charge in [-0.15, -0.1) is 6.58 Å². The second-order valence-electron chi connectivity index (χ2n) is 15.3. The minimum Gasteiger partial charge on any atom is -0.497 e. The van der Waals surface area contributed by atoms with Crippen LogP contribution in [-0.4, -0.2) is 36.2 Å². The van der Waals surface area contributed by atoms with Crippen LogP contribution in [0, 0.1) is 11.8 Å². The van der Waals surface area contributed by atoms with Crippen molar-refractivity contribution < 1.29 is 23.4 Å². The molecule has 0 N–H and O–H groups in total. The van der Waals surface area contributed by atoms with Crippen LogP contribution in [0.2, 0.25) is 0 Å². The molecule has 5 aromatic carbocycles. The SMILES string of the molecule is C=CC(C[N+](C)(Cc1cc(OCc2ccccc2)c(OCc2ccccc2)c(OCc2ccccc2)c1)C(C)Cc1ccnc2ccc(OC)cc12)C(C)CC. The van der Waals surface area contributed by atoms with Crippen molar-refractivity contribution >= 4 is 10.9 Å². The van der Waals surface area contributed by atoms with Crippen LogP contribution in [0.3, 0.4) is 0 Å². The van der Waals surface area contributed by atoms with E-state index in [4.69, 9.17) is 18.9 Å². The lowest BCUT2D eigenvalue weighted by atomic mass is 9.89. The van der Waals surface area contributed by atoms with Crippen LogP contribution >= 0.6 is 0 Å². The summed E-state index contributed by atoms with van der Waals surface area (Å²) in [6.07, 6.45) is 6.03. The number of fused-ring (bicyclic) bond motifs is 1. The maximum absolute atomic E-state index is 6.70. The number of ether oxygens (including phenoxy) is 4. The molecule has 0 fully saturated rings. The monoisotopic (exact) mass is 749 g/mol. The van der Waals surface area contributed by atoms with E-state index in [0.717, 1.165) is 69.3 Å². The molecule has 0 aliphatic carbocycles. The molecule has 0 bridgehead atoms. The van der Waals surface area contributed by atoms with Crippen LogP contribution in [0.15, 0.2) is 146 Å². The number of benzene rings is 5. The van der Waals surface area contributed by atoms with Crippen molar-refractivity contribution in [3.8, 4) is 23.0 Å². The summed E-state index contributed by atoms with van der Waals surface area (Å²) < 4.78 is 26.4. The summed E-state index contributed by atoms with van der Waals surface area (Å²) in [4.78, 5) is 4.68. The van der Waals surface area contributed by atoms with E-state index in [-0.39, 0.29) is 6.04 Å². The van der Waals surface area contributed by atoms with Crippen molar-refractivity contribution in [1.82, 2.24) is 4.98 Å². The molecule has 4 unspecified atom stereocenters. The first kappa shape index (κ1) is 40.1. The molecule has 56 heavy (non-hydrogen) atoms. The van der Waals surface area contributed by atoms with Crippen molar-refractivity contribution in [3.63, 3.8) is 0 Å². The first-order valence-electron chi connectivity index (χ1n) is 19.8. The first-order valence-corrected chi connectivity index (χ1v) is 19.8. The number of hydrogen-bond acceptors (Lipinski definition) is 5. The number of pyridine rings is 1. The van der Waals surface area contributed by atoms with Gasteiger partial charge in [0.2, 0.25) is 5.75 Å². The molecule has 0 spiro atoms. The number of hydrogen-bond donors (Lipinski definition) is 0. The largest absolute Gasteiger partial charge is 0.497 e. The summed E-state index contributed by atoms with van der Waals surface area (Å²) in [6.45, 7) is 14.2. The maximum Gasteiger partial charge on any atom is 0.203 e. The molecular weight excluding hydrogens is 693 g/mol. The molecule has 4 atom stereocenters. The van der Waals surface area contributed by atoms with Crippen LogP contribution in [-0.2, 0) is 32.8 Å². The van der Waals surface area contributed by atoms with Gasteiger partial charge in [-0.3, -0.25) is 4.98 Å². The standard InChI is InChI=1S/C50H57N2O4/c1-7-37(3)43(8-2)33-52(5,38(4)28-44-26-27-51-47-25-24-45(53-6)31-46(44)47)32-42-29-48(54-34-39-18-12-9-13-19-39)50(56-36-41-22-16-11-17-23-41)49(30-42)55-35-40-20-14-10-15-21-40/h8-27,29-31,37-38,43H,2,7,28,32-36H2,1,3-6H3/q+1. The number of quaternary nitrogens is 1. The number of nitrogens with zero attached hydrogens (tertiary/aromatic N) is 2. The van der Waals surface area contributed by atoms with E-state index in [9.17, 15) is 0 Å². The minimum atomic E-state index is 0.231. The number of likely N-dealkylation sites (N-methyl/N-ethyl adjacent to an activating group) is 1. The van der Waals surface area contributed by atoms with Crippen molar-refractivity contribution in [3.05, 3.63) is 174 Å². The molecule has 290 valence electrons. The van der Waals surface area contributed by atoms with Gasteiger partial charge in [0.1, 0.15) is 32.1 Å². The molecule has 0 saturated heterocycles. The van der Waals surface area contributed by atoms with Gasteiger partial charge in [0.25, 0.3) is 0 Å². The van der Waals surface area contributed by atoms with Gasteiger partial charge in [0.05, 0.1) is 32.3 Å². The van der Waals surface area contributed by atoms with Crippen LogP contribution in [0.5, 0.6) is 23.0 Å². The number of aromatic nitrogens is 1. The van der Waals surface area contributed by atoms with Gasteiger partial charge >= 0.3 is 0 Å². The fraction of sp³-hybridized carbons (Fsp3) is 0.300. The zero-order valence-corrected chi connectivity index (χ0v) is 33.7. The van der Waals surface area contributed by atoms with E-state index in [1.807, 2.05) is 72.9 Å². The Morgan fingerprint density at radius 1 is 0.696 bits per heavy atom. The summed E-state index contributed by atoms with van der Waals surface area (Å²) >= 11 is 0. The lowest BCUT2D eigenvalue weighted by Crippen LogP contribution is -2.54. The predicted molar refractivity (Wildman–Crippen MR) is 228 cm³/mol. The third-order valence-electron chi connectivity index (χ3n) is 11.2. The summed E-state index contributed by atoms with van der Waals surface area (Å²) in [5.41, 5.74) is 6.57. The van der Waals surface area contributed by atoms with Crippen molar-refractivity contribution in [2.24, 2.45) is 11.8 Å². The molecule has 0 aliphatic heterocycles. The first-order chi connectivity index (χ1) is 27.3. The topological polar surface area (TPSA) is 49.8 Å². The highest BCUT2D eigenvalue weighted by molar-refractivity contribution is 5.83. The Morgan fingerprint density at radius 2 is 1.25 bits per heavy atom. The van der Waals surface area contributed by atoms with Crippen molar-refractivity contribution in [2.45, 2.75) is 66.0 Å². The Labute approximate surface area is 333 Å². The van der Waals surface area contributed by atoms with Crippen molar-refractivity contribution in [2.75, 3.05) is 20.7 Å². The van der Waals surface area contributed by atoms with Gasteiger partial charge < -0.3 is 23.4 Å². The molecule has 6 nitrogen and oxygen atoms in total. The summed E-state index contributed by atoms with van der Waals surface area (Å²) in [6, 6.07) is 43.6. The zero-order chi connectivity index (χ0) is 39.3. The highest BCUT2D eigenvalue weighted by atomic mass is 16.5. The number of methoxy groups -OCH3 is 1. The van der Waals surface area contributed by atoms with E-state index < -0.39 is 0 Å². The average molecular weight is 750 g/mol. The fourth-order valence-electron chi connectivity index (χ4n) is 7.39.